The Balaban J connectivity index is 2.09. The number of methoxy groups -OCH3 is 1. The van der Waals surface area contributed by atoms with Crippen LogP contribution in [0.1, 0.15) is 25.0 Å². The summed E-state index contributed by atoms with van der Waals surface area (Å²) in [6.07, 6.45) is 0. The quantitative estimate of drug-likeness (QED) is 0.362. The van der Waals surface area contributed by atoms with E-state index in [-0.39, 0.29) is 27.9 Å². The lowest BCUT2D eigenvalue weighted by molar-refractivity contribution is -0.139. The van der Waals surface area contributed by atoms with Gasteiger partial charge in [0.05, 0.1) is 17.7 Å². The monoisotopic (exact) mass is 575 g/mol. The molecule has 0 fully saturated rings. The average molecular weight is 576 g/mol. The Morgan fingerprint density at radius 3 is 2.28 bits per heavy atom. The first-order chi connectivity index (χ1) is 18.5. The molecule has 0 saturated carbocycles. The Hall–Kier alpha value is -3.63. The van der Waals surface area contributed by atoms with Gasteiger partial charge in [-0.25, -0.2) is 12.8 Å². The molecule has 0 saturated heterocycles. The van der Waals surface area contributed by atoms with Gasteiger partial charge in [-0.2, -0.15) is 0 Å². The van der Waals surface area contributed by atoms with E-state index >= 15 is 0 Å². The number of likely N-dealkylation sites (N-methyl/N-ethyl adjacent to an activating group) is 1. The SMILES string of the molecule is CCNC(=O)[C@@H](C)N(Cc1ccc(F)cc1)C(=O)CN(c1cc(Cl)ccc1OC)S(=O)(=O)c1ccc(C)cc1. The number of aryl methyl sites for hydroxylation is 1. The summed E-state index contributed by atoms with van der Waals surface area (Å²) in [6, 6.07) is 15.2. The molecule has 0 aliphatic heterocycles. The molecule has 1 atom stereocenters. The first-order valence-electron chi connectivity index (χ1n) is 12.2. The highest BCUT2D eigenvalue weighted by Crippen LogP contribution is 2.35. The molecular weight excluding hydrogens is 545 g/mol. The van der Waals surface area contributed by atoms with Crippen LogP contribution >= 0.6 is 11.6 Å². The minimum Gasteiger partial charge on any atom is -0.495 e. The van der Waals surface area contributed by atoms with Crippen LogP contribution in [0.3, 0.4) is 0 Å². The summed E-state index contributed by atoms with van der Waals surface area (Å²) in [7, 11) is -2.91. The number of carbonyl (C=O) groups is 2. The first-order valence-corrected chi connectivity index (χ1v) is 14.0. The van der Waals surface area contributed by atoms with Gasteiger partial charge in [0.25, 0.3) is 10.0 Å². The van der Waals surface area contributed by atoms with Crippen molar-refractivity contribution in [3.63, 3.8) is 0 Å². The maximum absolute atomic E-state index is 13.9. The highest BCUT2D eigenvalue weighted by atomic mass is 35.5. The van der Waals surface area contributed by atoms with E-state index in [1.807, 2.05) is 6.92 Å². The number of anilines is 1. The van der Waals surface area contributed by atoms with Gasteiger partial charge >= 0.3 is 0 Å². The molecule has 0 aliphatic carbocycles. The molecule has 0 aliphatic rings. The molecule has 0 spiro atoms. The summed E-state index contributed by atoms with van der Waals surface area (Å²) in [6.45, 7) is 4.76. The number of amides is 2. The number of nitrogens with zero attached hydrogens (tertiary/aromatic N) is 2. The Morgan fingerprint density at radius 2 is 1.69 bits per heavy atom. The van der Waals surface area contributed by atoms with Crippen LogP contribution in [0.15, 0.2) is 71.6 Å². The van der Waals surface area contributed by atoms with Crippen LogP contribution in [0.4, 0.5) is 10.1 Å². The number of sulfonamides is 1. The molecule has 3 aromatic rings. The Kier molecular flexibility index (Phi) is 9.93. The van der Waals surface area contributed by atoms with Crippen molar-refractivity contribution in [2.24, 2.45) is 0 Å². The number of ether oxygens (including phenoxy) is 1. The summed E-state index contributed by atoms with van der Waals surface area (Å²) in [5.41, 5.74) is 1.48. The van der Waals surface area contributed by atoms with Gasteiger partial charge in [-0.05, 0) is 68.8 Å². The molecular formula is C28H31ClFN3O5S. The maximum Gasteiger partial charge on any atom is 0.264 e. The average Bonchev–Trinajstić information content (AvgIpc) is 2.91. The molecule has 3 rings (SSSR count). The molecule has 1 N–H and O–H groups in total. The topological polar surface area (TPSA) is 96.0 Å². The minimum atomic E-state index is -4.29. The maximum atomic E-state index is 13.9. The van der Waals surface area contributed by atoms with Crippen LogP contribution in [0.2, 0.25) is 5.02 Å². The molecule has 208 valence electrons. The van der Waals surface area contributed by atoms with Crippen molar-refractivity contribution in [3.05, 3.63) is 88.7 Å². The number of hydrogen-bond acceptors (Lipinski definition) is 5. The van der Waals surface area contributed by atoms with Gasteiger partial charge in [0.15, 0.2) is 0 Å². The third-order valence-corrected chi connectivity index (χ3v) is 8.09. The number of halogens is 2. The molecule has 11 heteroatoms. The summed E-state index contributed by atoms with van der Waals surface area (Å²) >= 11 is 6.22. The molecule has 39 heavy (non-hydrogen) atoms. The first kappa shape index (κ1) is 29.9. The molecule has 0 unspecified atom stereocenters. The third kappa shape index (κ3) is 7.27. The van der Waals surface area contributed by atoms with Gasteiger partial charge in [-0.15, -0.1) is 0 Å². The van der Waals surface area contributed by atoms with Crippen LogP contribution in [0.5, 0.6) is 5.75 Å². The molecule has 3 aromatic carbocycles. The van der Waals surface area contributed by atoms with Crippen LogP contribution in [0.25, 0.3) is 0 Å². The van der Waals surface area contributed by atoms with Gasteiger partial charge in [0.2, 0.25) is 11.8 Å². The molecule has 0 radical (unpaired) electrons. The largest absolute Gasteiger partial charge is 0.495 e. The summed E-state index contributed by atoms with van der Waals surface area (Å²) in [5.74, 6) is -1.33. The van der Waals surface area contributed by atoms with Crippen molar-refractivity contribution in [1.29, 1.82) is 0 Å². The van der Waals surface area contributed by atoms with Crippen LogP contribution in [-0.2, 0) is 26.2 Å². The van der Waals surface area contributed by atoms with E-state index in [4.69, 9.17) is 16.3 Å². The van der Waals surface area contributed by atoms with Gasteiger partial charge in [0, 0.05) is 18.1 Å². The Morgan fingerprint density at radius 1 is 1.05 bits per heavy atom. The second kappa shape index (κ2) is 12.9. The molecule has 0 bridgehead atoms. The fourth-order valence-corrected chi connectivity index (χ4v) is 5.48. The fourth-order valence-electron chi connectivity index (χ4n) is 3.90. The highest BCUT2D eigenvalue weighted by molar-refractivity contribution is 7.92. The lowest BCUT2D eigenvalue weighted by Gasteiger charge is -2.32. The fraction of sp³-hybridized carbons (Fsp3) is 0.286. The van der Waals surface area contributed by atoms with Crippen molar-refractivity contribution < 1.29 is 27.1 Å². The third-order valence-electron chi connectivity index (χ3n) is 6.08. The van der Waals surface area contributed by atoms with Crippen LogP contribution in [0, 0.1) is 12.7 Å². The lowest BCUT2D eigenvalue weighted by atomic mass is 10.1. The van der Waals surface area contributed by atoms with E-state index in [1.165, 1.54) is 60.5 Å². The summed E-state index contributed by atoms with van der Waals surface area (Å²) in [4.78, 5) is 27.8. The van der Waals surface area contributed by atoms with Gasteiger partial charge in [-0.3, -0.25) is 13.9 Å². The lowest BCUT2D eigenvalue weighted by Crippen LogP contribution is -2.51. The van der Waals surface area contributed by atoms with Crippen LogP contribution in [-0.4, -0.2) is 51.4 Å². The number of benzene rings is 3. The van der Waals surface area contributed by atoms with E-state index in [0.717, 1.165) is 9.87 Å². The molecule has 8 nitrogen and oxygen atoms in total. The number of nitrogens with one attached hydrogen (secondary N) is 1. The predicted molar refractivity (Wildman–Crippen MR) is 149 cm³/mol. The van der Waals surface area contributed by atoms with Gasteiger partial charge in [0.1, 0.15) is 24.2 Å². The van der Waals surface area contributed by atoms with E-state index in [2.05, 4.69) is 5.32 Å². The van der Waals surface area contributed by atoms with E-state index < -0.39 is 40.2 Å². The zero-order chi connectivity index (χ0) is 28.7. The standard InChI is InChI=1S/C28H31ClFN3O5S/c1-5-31-28(35)20(3)32(17-21-8-11-23(30)12-9-21)27(34)18-33(25-16-22(29)10-15-26(25)38-4)39(36,37)24-13-6-19(2)7-14-24/h6-16,20H,5,17-18H2,1-4H3,(H,31,35)/t20-/m1/s1. The van der Waals surface area contributed by atoms with Crippen molar-refractivity contribution in [1.82, 2.24) is 10.2 Å². The molecule has 2 amide bonds. The second-order valence-electron chi connectivity index (χ2n) is 8.86. The van der Waals surface area contributed by atoms with E-state index in [0.29, 0.717) is 12.1 Å². The Labute approximate surface area is 233 Å². The van der Waals surface area contributed by atoms with Gasteiger partial charge in [-0.1, -0.05) is 41.4 Å². The molecule has 0 heterocycles. The van der Waals surface area contributed by atoms with E-state index in [9.17, 15) is 22.4 Å². The normalized spacial score (nSPS) is 11.9. The van der Waals surface area contributed by atoms with Crippen molar-refractivity contribution in [3.8, 4) is 5.75 Å². The van der Waals surface area contributed by atoms with E-state index in [1.54, 1.807) is 32.0 Å². The van der Waals surface area contributed by atoms with Crippen molar-refractivity contribution >= 4 is 39.1 Å². The summed E-state index contributed by atoms with van der Waals surface area (Å²) < 4.78 is 47.7. The smallest absolute Gasteiger partial charge is 0.264 e. The van der Waals surface area contributed by atoms with Crippen molar-refractivity contribution in [2.75, 3.05) is 24.5 Å². The highest BCUT2D eigenvalue weighted by Gasteiger charge is 2.34. The zero-order valence-electron chi connectivity index (χ0n) is 22.1. The molecule has 0 aromatic heterocycles. The number of carbonyl (C=O) groups excluding carboxylic acids is 2. The number of hydrogen-bond donors (Lipinski definition) is 1. The Bertz CT molecular complexity index is 1420. The second-order valence-corrected chi connectivity index (χ2v) is 11.2. The minimum absolute atomic E-state index is 0.0372. The van der Waals surface area contributed by atoms with Crippen molar-refractivity contribution in [2.45, 2.75) is 38.3 Å². The van der Waals surface area contributed by atoms with Crippen LogP contribution < -0.4 is 14.4 Å². The van der Waals surface area contributed by atoms with Gasteiger partial charge < -0.3 is 15.0 Å². The predicted octanol–water partition coefficient (Wildman–Crippen LogP) is 4.54. The number of rotatable bonds is 11. The zero-order valence-corrected chi connectivity index (χ0v) is 23.7. The summed E-state index contributed by atoms with van der Waals surface area (Å²) in [5, 5.41) is 2.92.